The molecule has 1 rings (SSSR count). The molecule has 0 radical (unpaired) electrons. The van der Waals surface area contributed by atoms with Crippen molar-refractivity contribution >= 4 is 44.2 Å². The first kappa shape index (κ1) is 11.1. The summed E-state index contributed by atoms with van der Waals surface area (Å²) in [5.74, 6) is -0.525. The van der Waals surface area contributed by atoms with Gasteiger partial charge in [-0.05, 0) is 15.9 Å². The van der Waals surface area contributed by atoms with Crippen molar-refractivity contribution in [3.05, 3.63) is 9.98 Å². The number of aromatic nitrogens is 1. The summed E-state index contributed by atoms with van der Waals surface area (Å²) >= 11 is 4.53. The predicted molar refractivity (Wildman–Crippen MR) is 57.1 cm³/mol. The van der Waals surface area contributed by atoms with E-state index < -0.39 is 0 Å². The molecule has 0 aromatic carbocycles. The number of nitrogens with one attached hydrogen (secondary N) is 2. The van der Waals surface area contributed by atoms with Gasteiger partial charge in [-0.1, -0.05) is 11.3 Å². The number of halogens is 1. The Bertz CT molecular complexity index is 352. The Balaban J connectivity index is 2.37. The molecule has 0 aliphatic carbocycles. The normalized spacial score (nSPS) is 9.57. The van der Waals surface area contributed by atoms with E-state index in [1.807, 2.05) is 0 Å². The van der Waals surface area contributed by atoms with Crippen LogP contribution < -0.4 is 10.6 Å². The lowest BCUT2D eigenvalue weighted by Gasteiger charge is -2.01. The van der Waals surface area contributed by atoms with Crippen molar-refractivity contribution in [2.24, 2.45) is 0 Å². The van der Waals surface area contributed by atoms with Crippen LogP contribution in [-0.2, 0) is 9.59 Å². The highest BCUT2D eigenvalue weighted by Gasteiger charge is 2.05. The highest BCUT2D eigenvalue weighted by atomic mass is 79.9. The van der Waals surface area contributed by atoms with Crippen molar-refractivity contribution in [2.75, 3.05) is 11.9 Å². The van der Waals surface area contributed by atoms with Gasteiger partial charge in [-0.25, -0.2) is 4.98 Å². The van der Waals surface area contributed by atoms with Gasteiger partial charge in [0.15, 0.2) is 5.13 Å². The van der Waals surface area contributed by atoms with Gasteiger partial charge in [0.2, 0.25) is 11.8 Å². The number of hydrogen-bond acceptors (Lipinski definition) is 4. The largest absolute Gasteiger partial charge is 0.347 e. The van der Waals surface area contributed by atoms with Crippen molar-refractivity contribution in [3.63, 3.8) is 0 Å². The molecule has 76 valence electrons. The monoisotopic (exact) mass is 277 g/mol. The summed E-state index contributed by atoms with van der Waals surface area (Å²) < 4.78 is 0.840. The van der Waals surface area contributed by atoms with E-state index in [0.29, 0.717) is 5.13 Å². The van der Waals surface area contributed by atoms with Crippen LogP contribution in [0.15, 0.2) is 9.98 Å². The molecule has 0 bridgehead atoms. The molecule has 1 heterocycles. The van der Waals surface area contributed by atoms with E-state index in [0.717, 1.165) is 3.79 Å². The maximum atomic E-state index is 11.2. The van der Waals surface area contributed by atoms with Gasteiger partial charge in [0, 0.05) is 6.92 Å². The van der Waals surface area contributed by atoms with Gasteiger partial charge in [0.1, 0.15) is 0 Å². The van der Waals surface area contributed by atoms with Gasteiger partial charge in [-0.15, -0.1) is 0 Å². The van der Waals surface area contributed by atoms with E-state index in [9.17, 15) is 9.59 Å². The second-order valence-electron chi connectivity index (χ2n) is 2.43. The quantitative estimate of drug-likeness (QED) is 0.865. The van der Waals surface area contributed by atoms with Crippen LogP contribution in [-0.4, -0.2) is 23.3 Å². The standard InChI is InChI=1S/C7H8BrN3O2S/c1-4(12)9-3-6(13)11-7-10-2-5(8)14-7/h2H,3H2,1H3,(H,9,12)(H,10,11,13). The number of thiazole rings is 1. The van der Waals surface area contributed by atoms with E-state index in [-0.39, 0.29) is 18.4 Å². The molecule has 0 aliphatic heterocycles. The molecule has 2 N–H and O–H groups in total. The van der Waals surface area contributed by atoms with Gasteiger partial charge in [-0.2, -0.15) is 0 Å². The number of rotatable bonds is 3. The first-order chi connectivity index (χ1) is 6.58. The zero-order chi connectivity index (χ0) is 10.6. The molecule has 2 amide bonds. The molecule has 0 saturated carbocycles. The topological polar surface area (TPSA) is 71.1 Å². The molecule has 1 aromatic rings. The van der Waals surface area contributed by atoms with Gasteiger partial charge < -0.3 is 10.6 Å². The fourth-order valence-electron chi connectivity index (χ4n) is 0.680. The smallest absolute Gasteiger partial charge is 0.245 e. The number of anilines is 1. The molecule has 0 spiro atoms. The number of carbonyl (C=O) groups is 2. The van der Waals surface area contributed by atoms with Crippen LogP contribution in [0.4, 0.5) is 5.13 Å². The number of nitrogens with zero attached hydrogens (tertiary/aromatic N) is 1. The zero-order valence-corrected chi connectivity index (χ0v) is 9.74. The van der Waals surface area contributed by atoms with Crippen LogP contribution >= 0.6 is 27.3 Å². The maximum absolute atomic E-state index is 11.2. The zero-order valence-electron chi connectivity index (χ0n) is 7.33. The fourth-order valence-corrected chi connectivity index (χ4v) is 1.80. The number of carbonyl (C=O) groups excluding carboxylic acids is 2. The second-order valence-corrected chi connectivity index (χ2v) is 4.84. The Morgan fingerprint density at radius 3 is 2.86 bits per heavy atom. The van der Waals surface area contributed by atoms with Crippen molar-refractivity contribution in [1.82, 2.24) is 10.3 Å². The summed E-state index contributed by atoms with van der Waals surface area (Å²) in [5, 5.41) is 5.44. The lowest BCUT2D eigenvalue weighted by atomic mass is 10.5. The molecule has 14 heavy (non-hydrogen) atoms. The average Bonchev–Trinajstić information content (AvgIpc) is 2.48. The first-order valence-corrected chi connectivity index (χ1v) is 5.34. The molecule has 7 heteroatoms. The average molecular weight is 278 g/mol. The third kappa shape index (κ3) is 3.84. The molecule has 1 aromatic heterocycles. The fraction of sp³-hybridized carbons (Fsp3) is 0.286. The van der Waals surface area contributed by atoms with Gasteiger partial charge >= 0.3 is 0 Å². The van der Waals surface area contributed by atoms with Crippen LogP contribution in [0.1, 0.15) is 6.92 Å². The predicted octanol–water partition coefficient (Wildman–Crippen LogP) is 0.980. The van der Waals surface area contributed by atoms with Crippen molar-refractivity contribution in [1.29, 1.82) is 0 Å². The van der Waals surface area contributed by atoms with Crippen LogP contribution in [0, 0.1) is 0 Å². The molecular formula is C7H8BrN3O2S. The van der Waals surface area contributed by atoms with E-state index in [2.05, 4.69) is 31.5 Å². The summed E-state index contributed by atoms with van der Waals surface area (Å²) in [6.45, 7) is 1.32. The van der Waals surface area contributed by atoms with E-state index >= 15 is 0 Å². The molecule has 0 fully saturated rings. The molecular weight excluding hydrogens is 270 g/mol. The Kier molecular flexibility index (Phi) is 4.02. The van der Waals surface area contributed by atoms with Crippen molar-refractivity contribution < 1.29 is 9.59 Å². The second kappa shape index (κ2) is 5.06. The lowest BCUT2D eigenvalue weighted by molar-refractivity contribution is -0.122. The maximum Gasteiger partial charge on any atom is 0.245 e. The van der Waals surface area contributed by atoms with E-state index in [1.165, 1.54) is 18.3 Å². The van der Waals surface area contributed by atoms with Crippen molar-refractivity contribution in [3.8, 4) is 0 Å². The van der Waals surface area contributed by atoms with Crippen LogP contribution in [0.25, 0.3) is 0 Å². The molecule has 5 nitrogen and oxygen atoms in total. The summed E-state index contributed by atoms with van der Waals surface area (Å²) in [6, 6.07) is 0. The van der Waals surface area contributed by atoms with Crippen LogP contribution in [0.2, 0.25) is 0 Å². The SMILES string of the molecule is CC(=O)NCC(=O)Nc1ncc(Br)s1. The van der Waals surface area contributed by atoms with E-state index in [1.54, 1.807) is 6.20 Å². The molecule has 0 aliphatic rings. The van der Waals surface area contributed by atoms with Crippen molar-refractivity contribution in [2.45, 2.75) is 6.92 Å². The minimum Gasteiger partial charge on any atom is -0.347 e. The third-order valence-electron chi connectivity index (χ3n) is 1.22. The third-order valence-corrected chi connectivity index (χ3v) is 2.61. The summed E-state index contributed by atoms with van der Waals surface area (Å²) in [6.07, 6.45) is 1.60. The summed E-state index contributed by atoms with van der Waals surface area (Å²) in [4.78, 5) is 25.6. The van der Waals surface area contributed by atoms with Gasteiger partial charge in [0.25, 0.3) is 0 Å². The molecule has 0 atom stereocenters. The molecule has 0 unspecified atom stereocenters. The van der Waals surface area contributed by atoms with E-state index in [4.69, 9.17) is 0 Å². The van der Waals surface area contributed by atoms with Crippen LogP contribution in [0.3, 0.4) is 0 Å². The van der Waals surface area contributed by atoms with Gasteiger partial charge in [0.05, 0.1) is 16.5 Å². The Labute approximate surface area is 93.0 Å². The minimum atomic E-state index is -0.290. The van der Waals surface area contributed by atoms with Crippen LogP contribution in [0.5, 0.6) is 0 Å². The Hall–Kier alpha value is -0.950. The number of hydrogen-bond donors (Lipinski definition) is 2. The first-order valence-electron chi connectivity index (χ1n) is 3.73. The van der Waals surface area contributed by atoms with Gasteiger partial charge in [-0.3, -0.25) is 9.59 Å². The number of amides is 2. The minimum absolute atomic E-state index is 0.0352. The summed E-state index contributed by atoms with van der Waals surface area (Å²) in [7, 11) is 0. The molecule has 0 saturated heterocycles. The highest BCUT2D eigenvalue weighted by molar-refractivity contribution is 9.11. The summed E-state index contributed by atoms with van der Waals surface area (Å²) in [5.41, 5.74) is 0. The Morgan fingerprint density at radius 2 is 2.36 bits per heavy atom. The Morgan fingerprint density at radius 1 is 1.64 bits per heavy atom. The highest BCUT2D eigenvalue weighted by Crippen LogP contribution is 2.22. The lowest BCUT2D eigenvalue weighted by Crippen LogP contribution is -2.31.